The fraction of sp³-hybridized carbons (Fsp3) is 0.0526. The predicted molar refractivity (Wildman–Crippen MR) is 89.1 cm³/mol. The molecule has 0 aliphatic heterocycles. The summed E-state index contributed by atoms with van der Waals surface area (Å²) in [6.07, 6.45) is 0. The highest BCUT2D eigenvalue weighted by Gasteiger charge is 2.23. The van der Waals surface area contributed by atoms with Crippen LogP contribution in [0.3, 0.4) is 0 Å². The van der Waals surface area contributed by atoms with E-state index in [4.69, 9.17) is 5.53 Å². The van der Waals surface area contributed by atoms with E-state index in [0.717, 1.165) is 16.5 Å². The van der Waals surface area contributed by atoms with Crippen LogP contribution in [0.25, 0.3) is 27.4 Å². The van der Waals surface area contributed by atoms with Gasteiger partial charge in [-0.2, -0.15) is 4.79 Å². The molecule has 0 amide bonds. The van der Waals surface area contributed by atoms with Crippen LogP contribution in [0.4, 0.5) is 0 Å². The van der Waals surface area contributed by atoms with Gasteiger partial charge in [0.2, 0.25) is 0 Å². The molecule has 0 bridgehead atoms. The quantitative estimate of drug-likeness (QED) is 0.320. The molecule has 23 heavy (non-hydrogen) atoms. The number of ether oxygens (including phenoxy) is 1. The molecule has 0 aromatic heterocycles. The van der Waals surface area contributed by atoms with Gasteiger partial charge in [-0.1, -0.05) is 54.6 Å². The van der Waals surface area contributed by atoms with Crippen molar-refractivity contribution >= 4 is 22.5 Å². The Hall–Kier alpha value is -3.23. The van der Waals surface area contributed by atoms with Gasteiger partial charge in [-0.3, -0.25) is 0 Å². The Morgan fingerprint density at radius 3 is 2.35 bits per heavy atom. The first-order valence-electron chi connectivity index (χ1n) is 7.13. The van der Waals surface area contributed by atoms with Crippen LogP contribution in [0.2, 0.25) is 0 Å². The van der Waals surface area contributed by atoms with Gasteiger partial charge >= 0.3 is 11.7 Å². The molecule has 0 fully saturated rings. The number of hydrogen-bond donors (Lipinski definition) is 0. The Balaban J connectivity index is 2.05. The molecule has 3 aromatic rings. The summed E-state index contributed by atoms with van der Waals surface area (Å²) in [6.45, 7) is 0. The van der Waals surface area contributed by atoms with Gasteiger partial charge in [-0.25, -0.2) is 4.79 Å². The first kappa shape index (κ1) is 14.7. The predicted octanol–water partition coefficient (Wildman–Crippen LogP) is 3.70. The molecule has 4 nitrogen and oxygen atoms in total. The van der Waals surface area contributed by atoms with Crippen molar-refractivity contribution in [1.29, 1.82) is 0 Å². The van der Waals surface area contributed by atoms with Crippen LogP contribution in [0, 0.1) is 0 Å². The van der Waals surface area contributed by atoms with E-state index in [1.165, 1.54) is 12.5 Å². The van der Waals surface area contributed by atoms with E-state index in [0.29, 0.717) is 5.56 Å². The summed E-state index contributed by atoms with van der Waals surface area (Å²) in [6, 6.07) is 21.6. The molecule has 0 heterocycles. The van der Waals surface area contributed by atoms with Crippen LogP contribution in [-0.2, 0) is 9.53 Å². The van der Waals surface area contributed by atoms with E-state index >= 15 is 0 Å². The molecule has 3 rings (SSSR count). The number of benzene rings is 3. The largest absolute Gasteiger partial charge is 0.460 e. The van der Waals surface area contributed by atoms with Crippen molar-refractivity contribution in [2.75, 3.05) is 7.11 Å². The summed E-state index contributed by atoms with van der Waals surface area (Å²) in [4.78, 5) is 14.6. The smallest absolute Gasteiger partial charge is 0.422 e. The van der Waals surface area contributed by atoms with Gasteiger partial charge in [-0.15, -0.1) is 0 Å². The molecule has 0 spiro atoms. The Morgan fingerprint density at radius 2 is 1.65 bits per heavy atom. The van der Waals surface area contributed by atoms with E-state index in [1.807, 2.05) is 30.3 Å². The third kappa shape index (κ3) is 2.76. The van der Waals surface area contributed by atoms with Crippen molar-refractivity contribution in [2.24, 2.45) is 0 Å². The van der Waals surface area contributed by atoms with Crippen molar-refractivity contribution in [3.8, 4) is 11.1 Å². The van der Waals surface area contributed by atoms with Gasteiger partial charge in [0.15, 0.2) is 0 Å². The summed E-state index contributed by atoms with van der Waals surface area (Å²) in [5, 5.41) is 2.33. The first-order valence-corrected chi connectivity index (χ1v) is 7.13. The average molecular weight is 302 g/mol. The van der Waals surface area contributed by atoms with Crippen molar-refractivity contribution in [1.82, 2.24) is 0 Å². The molecule has 0 saturated heterocycles. The monoisotopic (exact) mass is 302 g/mol. The molecule has 0 saturated carbocycles. The number of methoxy groups -OCH3 is 1. The highest BCUT2D eigenvalue weighted by atomic mass is 16.5. The molecular formula is C19H14N2O2. The van der Waals surface area contributed by atoms with Gasteiger partial charge in [0, 0.05) is 0 Å². The van der Waals surface area contributed by atoms with E-state index in [9.17, 15) is 4.79 Å². The number of carbonyl (C=O) groups is 1. The molecule has 0 atom stereocenters. The van der Waals surface area contributed by atoms with Crippen LogP contribution in [0.5, 0.6) is 0 Å². The van der Waals surface area contributed by atoms with Gasteiger partial charge in [0.25, 0.3) is 0 Å². The van der Waals surface area contributed by atoms with Gasteiger partial charge in [0.05, 0.1) is 12.7 Å². The Kier molecular flexibility index (Phi) is 4.00. The minimum atomic E-state index is -0.676. The van der Waals surface area contributed by atoms with Crippen LogP contribution in [-0.4, -0.2) is 23.6 Å². The standard InChI is InChI=1S/C19H14N2O2/c1-23-19(22)18(21-20)15-11-9-14(10-12-15)17-8-4-6-13-5-2-3-7-16(13)17/h2-12H,1H3. The molecule has 0 radical (unpaired) electrons. The zero-order valence-corrected chi connectivity index (χ0v) is 12.6. The lowest BCUT2D eigenvalue weighted by atomic mass is 9.97. The lowest BCUT2D eigenvalue weighted by Gasteiger charge is -2.07. The Bertz CT molecular complexity index is 918. The summed E-state index contributed by atoms with van der Waals surface area (Å²) < 4.78 is 4.60. The number of hydrogen-bond acceptors (Lipinski definition) is 2. The third-order valence-electron chi connectivity index (χ3n) is 3.74. The van der Waals surface area contributed by atoms with Crippen molar-refractivity contribution in [3.05, 3.63) is 77.8 Å². The van der Waals surface area contributed by atoms with Crippen LogP contribution < -0.4 is 0 Å². The van der Waals surface area contributed by atoms with E-state index in [1.54, 1.807) is 12.1 Å². The average Bonchev–Trinajstić information content (AvgIpc) is 2.62. The number of fused-ring (bicyclic) bond motifs is 1. The summed E-state index contributed by atoms with van der Waals surface area (Å²) in [5.74, 6) is -0.676. The zero-order valence-electron chi connectivity index (χ0n) is 12.6. The van der Waals surface area contributed by atoms with Crippen LogP contribution >= 0.6 is 0 Å². The SMILES string of the molecule is COC(=O)C(=[N+]=[N-])c1ccc(-c2cccc3ccccc23)cc1. The van der Waals surface area contributed by atoms with Crippen molar-refractivity contribution in [2.45, 2.75) is 0 Å². The number of carbonyl (C=O) groups excluding carboxylic acids is 1. The van der Waals surface area contributed by atoms with Gasteiger partial charge < -0.3 is 10.3 Å². The molecule has 4 heteroatoms. The number of esters is 1. The minimum absolute atomic E-state index is 0.114. The highest BCUT2D eigenvalue weighted by molar-refractivity contribution is 6.40. The summed E-state index contributed by atoms with van der Waals surface area (Å²) in [5.41, 5.74) is 11.5. The minimum Gasteiger partial charge on any atom is -0.460 e. The molecule has 0 N–H and O–H groups in total. The van der Waals surface area contributed by atoms with Crippen LogP contribution in [0.1, 0.15) is 5.56 Å². The lowest BCUT2D eigenvalue weighted by molar-refractivity contribution is -0.137. The maximum absolute atomic E-state index is 11.6. The van der Waals surface area contributed by atoms with Crippen molar-refractivity contribution < 1.29 is 14.3 Å². The lowest BCUT2D eigenvalue weighted by Crippen LogP contribution is -2.18. The van der Waals surface area contributed by atoms with Crippen LogP contribution in [0.15, 0.2) is 66.7 Å². The first-order chi connectivity index (χ1) is 11.2. The van der Waals surface area contributed by atoms with E-state index < -0.39 is 5.97 Å². The molecule has 112 valence electrons. The molecule has 0 aliphatic carbocycles. The van der Waals surface area contributed by atoms with Gasteiger partial charge in [0.1, 0.15) is 0 Å². The highest BCUT2D eigenvalue weighted by Crippen LogP contribution is 2.28. The normalized spacial score (nSPS) is 10.1. The fourth-order valence-electron chi connectivity index (χ4n) is 2.60. The topological polar surface area (TPSA) is 62.7 Å². The molecule has 0 aliphatic rings. The molecule has 3 aromatic carbocycles. The Morgan fingerprint density at radius 1 is 0.957 bits per heavy atom. The second-order valence-corrected chi connectivity index (χ2v) is 5.04. The second kappa shape index (κ2) is 6.26. The fourth-order valence-corrected chi connectivity index (χ4v) is 2.60. The third-order valence-corrected chi connectivity index (χ3v) is 3.74. The van der Waals surface area contributed by atoms with E-state index in [2.05, 4.69) is 33.8 Å². The van der Waals surface area contributed by atoms with Gasteiger partial charge in [-0.05, 0) is 34.0 Å². The Labute approximate surface area is 133 Å². The second-order valence-electron chi connectivity index (χ2n) is 5.04. The number of nitrogens with zero attached hydrogens (tertiary/aromatic N) is 2. The molecular weight excluding hydrogens is 288 g/mol. The maximum atomic E-state index is 11.6. The summed E-state index contributed by atoms with van der Waals surface area (Å²) >= 11 is 0. The van der Waals surface area contributed by atoms with E-state index in [-0.39, 0.29) is 5.71 Å². The van der Waals surface area contributed by atoms with Crippen molar-refractivity contribution in [3.63, 3.8) is 0 Å². The number of rotatable bonds is 3. The molecule has 0 unspecified atom stereocenters. The zero-order chi connectivity index (χ0) is 16.2. The summed E-state index contributed by atoms with van der Waals surface area (Å²) in [7, 11) is 1.25. The maximum Gasteiger partial charge on any atom is 0.422 e.